The fourth-order valence-electron chi connectivity index (χ4n) is 2.54. The highest BCUT2D eigenvalue weighted by Crippen LogP contribution is 2.23. The van der Waals surface area contributed by atoms with Gasteiger partial charge in [0.2, 0.25) is 0 Å². The highest BCUT2D eigenvalue weighted by Gasteiger charge is 2.10. The number of benzene rings is 1. The van der Waals surface area contributed by atoms with Gasteiger partial charge in [0, 0.05) is 0 Å². The third-order valence-electron chi connectivity index (χ3n) is 3.48. The van der Waals surface area contributed by atoms with Crippen LogP contribution in [0.25, 0.3) is 0 Å². The topological polar surface area (TPSA) is 12.0 Å². The molecule has 2 rings (SSSR count). The monoisotopic (exact) mass is 217 g/mol. The molecule has 0 saturated carbocycles. The number of fused-ring (bicyclic) bond motifs is 1. The molecule has 1 N–H and O–H groups in total. The summed E-state index contributed by atoms with van der Waals surface area (Å²) >= 11 is 0. The van der Waals surface area contributed by atoms with E-state index in [0.717, 1.165) is 6.54 Å². The van der Waals surface area contributed by atoms with Crippen LogP contribution in [0.2, 0.25) is 0 Å². The predicted octanol–water partition coefficient (Wildman–Crippen LogP) is 3.11. The van der Waals surface area contributed by atoms with Gasteiger partial charge in [-0.3, -0.25) is 0 Å². The van der Waals surface area contributed by atoms with Crippen molar-refractivity contribution in [1.29, 1.82) is 0 Å². The van der Waals surface area contributed by atoms with Gasteiger partial charge >= 0.3 is 0 Å². The van der Waals surface area contributed by atoms with Crippen LogP contribution >= 0.6 is 0 Å². The van der Waals surface area contributed by atoms with Crippen molar-refractivity contribution in [1.82, 2.24) is 5.32 Å². The quantitative estimate of drug-likeness (QED) is 0.722. The minimum atomic E-state index is 1.10. The molecule has 0 bridgehead atoms. The fourth-order valence-corrected chi connectivity index (χ4v) is 2.54. The number of hydrogen-bond donors (Lipinski definition) is 1. The molecule has 0 aliphatic heterocycles. The summed E-state index contributed by atoms with van der Waals surface area (Å²) < 4.78 is 0. The van der Waals surface area contributed by atoms with Crippen LogP contribution in [0.1, 0.15) is 42.9 Å². The lowest BCUT2D eigenvalue weighted by atomic mass is 10.0. The molecule has 1 aromatic carbocycles. The molecule has 0 radical (unpaired) electrons. The normalized spacial score (nSPS) is 14.1. The largest absolute Gasteiger partial charge is 0.317 e. The number of unbranched alkanes of at least 4 members (excludes halogenated alkanes) is 1. The van der Waals surface area contributed by atoms with Crippen LogP contribution < -0.4 is 5.32 Å². The van der Waals surface area contributed by atoms with Crippen molar-refractivity contribution >= 4 is 0 Å². The van der Waals surface area contributed by atoms with Gasteiger partial charge in [-0.15, -0.1) is 0 Å². The first-order chi connectivity index (χ1) is 7.90. The molecule has 1 aliphatic rings. The molecule has 1 aromatic rings. The van der Waals surface area contributed by atoms with E-state index in [0.29, 0.717) is 0 Å². The summed E-state index contributed by atoms with van der Waals surface area (Å²) in [6, 6.07) is 7.12. The third-order valence-corrected chi connectivity index (χ3v) is 3.48. The second-order valence-corrected chi connectivity index (χ2v) is 4.77. The Morgan fingerprint density at radius 3 is 2.88 bits per heavy atom. The lowest BCUT2D eigenvalue weighted by Gasteiger charge is -2.05. The first kappa shape index (κ1) is 11.7. The minimum Gasteiger partial charge on any atom is -0.317 e. The third kappa shape index (κ3) is 3.08. The Morgan fingerprint density at radius 2 is 2.00 bits per heavy atom. The average molecular weight is 217 g/mol. The molecule has 0 fully saturated rings. The minimum absolute atomic E-state index is 1.10. The zero-order chi connectivity index (χ0) is 11.2. The van der Waals surface area contributed by atoms with Crippen LogP contribution in [-0.4, -0.2) is 13.1 Å². The Balaban J connectivity index is 1.77. The van der Waals surface area contributed by atoms with E-state index < -0.39 is 0 Å². The molecular formula is C15H23N. The van der Waals surface area contributed by atoms with Crippen LogP contribution in [-0.2, 0) is 19.3 Å². The van der Waals surface area contributed by atoms with Gasteiger partial charge in [0.1, 0.15) is 0 Å². The molecule has 16 heavy (non-hydrogen) atoms. The van der Waals surface area contributed by atoms with Gasteiger partial charge in [0.05, 0.1) is 0 Å². The van der Waals surface area contributed by atoms with Gasteiger partial charge in [0.15, 0.2) is 0 Å². The molecule has 0 unspecified atom stereocenters. The molecule has 0 atom stereocenters. The first-order valence-corrected chi connectivity index (χ1v) is 6.71. The first-order valence-electron chi connectivity index (χ1n) is 6.71. The van der Waals surface area contributed by atoms with Gasteiger partial charge in [-0.2, -0.15) is 0 Å². The maximum absolute atomic E-state index is 3.38. The van der Waals surface area contributed by atoms with Crippen molar-refractivity contribution in [2.75, 3.05) is 13.1 Å². The summed E-state index contributed by atoms with van der Waals surface area (Å²) in [7, 11) is 0. The molecule has 1 nitrogen and oxygen atoms in total. The molecular weight excluding hydrogens is 194 g/mol. The summed E-state index contributed by atoms with van der Waals surface area (Å²) in [6.07, 6.45) is 7.82. The van der Waals surface area contributed by atoms with Crippen molar-refractivity contribution in [2.45, 2.75) is 45.4 Å². The van der Waals surface area contributed by atoms with Crippen LogP contribution in [0.3, 0.4) is 0 Å². The Kier molecular flexibility index (Phi) is 4.41. The maximum atomic E-state index is 3.38. The van der Waals surface area contributed by atoms with Gasteiger partial charge in [-0.25, -0.2) is 0 Å². The van der Waals surface area contributed by atoms with Crippen LogP contribution in [0, 0.1) is 0 Å². The lowest BCUT2D eigenvalue weighted by Crippen LogP contribution is -2.13. The summed E-state index contributed by atoms with van der Waals surface area (Å²) in [4.78, 5) is 0. The van der Waals surface area contributed by atoms with Crippen molar-refractivity contribution in [3.8, 4) is 0 Å². The number of rotatable bonds is 6. The SMILES string of the molecule is CCNCCCCc1ccc2c(c1)CCC2. The standard InChI is InChI=1S/C15H23N/c1-2-16-11-4-3-6-13-9-10-14-7-5-8-15(14)12-13/h9-10,12,16H,2-8,11H2,1H3. The Bertz CT molecular complexity index is 330. The Labute approximate surface area is 99.3 Å². The number of aryl methyl sites for hydroxylation is 3. The van der Waals surface area contributed by atoms with E-state index in [2.05, 4.69) is 30.4 Å². The van der Waals surface area contributed by atoms with E-state index in [9.17, 15) is 0 Å². The number of nitrogens with one attached hydrogen (secondary N) is 1. The van der Waals surface area contributed by atoms with Gasteiger partial charge in [-0.1, -0.05) is 25.1 Å². The van der Waals surface area contributed by atoms with E-state index >= 15 is 0 Å². The molecule has 88 valence electrons. The van der Waals surface area contributed by atoms with E-state index in [1.54, 1.807) is 11.1 Å². The second-order valence-electron chi connectivity index (χ2n) is 4.77. The van der Waals surface area contributed by atoms with Gasteiger partial charge in [0.25, 0.3) is 0 Å². The van der Waals surface area contributed by atoms with E-state index in [4.69, 9.17) is 0 Å². The van der Waals surface area contributed by atoms with Gasteiger partial charge < -0.3 is 5.32 Å². The molecule has 0 amide bonds. The van der Waals surface area contributed by atoms with Gasteiger partial charge in [-0.05, 0) is 68.3 Å². The molecule has 0 heterocycles. The van der Waals surface area contributed by atoms with E-state index in [-0.39, 0.29) is 0 Å². The maximum Gasteiger partial charge on any atom is -0.00489 e. The summed E-state index contributed by atoms with van der Waals surface area (Å²) in [5, 5.41) is 3.38. The second kappa shape index (κ2) is 6.05. The van der Waals surface area contributed by atoms with Crippen LogP contribution in [0.5, 0.6) is 0 Å². The zero-order valence-corrected chi connectivity index (χ0v) is 10.4. The Morgan fingerprint density at radius 1 is 1.12 bits per heavy atom. The van der Waals surface area contributed by atoms with E-state index in [1.807, 2.05) is 0 Å². The van der Waals surface area contributed by atoms with Crippen molar-refractivity contribution in [2.24, 2.45) is 0 Å². The van der Waals surface area contributed by atoms with E-state index in [1.165, 1.54) is 50.6 Å². The van der Waals surface area contributed by atoms with Crippen molar-refractivity contribution < 1.29 is 0 Å². The molecule has 1 heteroatoms. The molecule has 0 aromatic heterocycles. The smallest absolute Gasteiger partial charge is 0.00489 e. The molecule has 0 saturated heterocycles. The number of hydrogen-bond acceptors (Lipinski definition) is 1. The predicted molar refractivity (Wildman–Crippen MR) is 69.9 cm³/mol. The highest BCUT2D eigenvalue weighted by molar-refractivity contribution is 5.35. The average Bonchev–Trinajstić information content (AvgIpc) is 2.76. The molecule has 1 aliphatic carbocycles. The molecule has 0 spiro atoms. The summed E-state index contributed by atoms with van der Waals surface area (Å²) in [5.41, 5.74) is 4.75. The fraction of sp³-hybridized carbons (Fsp3) is 0.600. The van der Waals surface area contributed by atoms with Crippen LogP contribution in [0.15, 0.2) is 18.2 Å². The Hall–Kier alpha value is -0.820. The lowest BCUT2D eigenvalue weighted by molar-refractivity contribution is 0.640. The zero-order valence-electron chi connectivity index (χ0n) is 10.4. The van der Waals surface area contributed by atoms with Crippen molar-refractivity contribution in [3.63, 3.8) is 0 Å². The summed E-state index contributed by atoms with van der Waals surface area (Å²) in [5.74, 6) is 0. The van der Waals surface area contributed by atoms with Crippen molar-refractivity contribution in [3.05, 3.63) is 34.9 Å². The summed E-state index contributed by atoms with van der Waals surface area (Å²) in [6.45, 7) is 4.43. The van der Waals surface area contributed by atoms with Crippen LogP contribution in [0.4, 0.5) is 0 Å². The highest BCUT2D eigenvalue weighted by atomic mass is 14.8.